The number of carbonyl (C=O) groups is 1. The Labute approximate surface area is 307 Å². The fraction of sp³-hybridized carbons (Fsp3) is 0.525. The van der Waals surface area contributed by atoms with E-state index in [4.69, 9.17) is 37.7 Å². The van der Waals surface area contributed by atoms with Gasteiger partial charge in [-0.1, -0.05) is 35.3 Å². The Kier molecular flexibility index (Phi) is 8.76. The number of pyridine rings is 1. The maximum absolute atomic E-state index is 17.2. The Balaban J connectivity index is 1.22. The van der Waals surface area contributed by atoms with Crippen LogP contribution in [-0.4, -0.2) is 65.4 Å². The maximum atomic E-state index is 17.2. The number of hydrogen-bond acceptors (Lipinski definition) is 6. The zero-order chi connectivity index (χ0) is 35.0. The molecular formula is C40H42Cl2FN5O3. The van der Waals surface area contributed by atoms with E-state index in [1.54, 1.807) is 18.2 Å². The third-order valence-corrected chi connectivity index (χ3v) is 13.0. The number of aromatic nitrogens is 2. The third-order valence-electron chi connectivity index (χ3n) is 12.2. The SMILES string of the molecule is Cc1nc2c(F)c(-c3cccc(Cl)c3Cl)c(CCC#N)cc2c2c1cc([C@H]1C[C@H](OCC3CCOCC3)CN1C(=O)C1CC1)n2[C@H]1[C@H]2CN[C@@H]1C2. The summed E-state index contributed by atoms with van der Waals surface area (Å²) in [6, 6.07) is 12.0. The molecule has 0 radical (unpaired) electrons. The molecule has 2 bridgehead atoms. The largest absolute Gasteiger partial charge is 0.381 e. The summed E-state index contributed by atoms with van der Waals surface area (Å²) in [5.41, 5.74) is 4.54. The molecule has 6 aliphatic rings. The van der Waals surface area contributed by atoms with Crippen LogP contribution in [0, 0.1) is 41.8 Å². The molecule has 0 spiro atoms. The molecule has 4 aromatic rings. The first-order valence-electron chi connectivity index (χ1n) is 18.5. The van der Waals surface area contributed by atoms with Gasteiger partial charge in [0, 0.05) is 84.4 Å². The second-order valence-electron chi connectivity index (χ2n) is 15.3. The Bertz CT molecular complexity index is 2070. The van der Waals surface area contributed by atoms with Gasteiger partial charge in [0.1, 0.15) is 5.52 Å². The van der Waals surface area contributed by atoms with Crippen LogP contribution in [-0.2, 0) is 20.7 Å². The van der Waals surface area contributed by atoms with Crippen molar-refractivity contribution in [1.29, 1.82) is 5.26 Å². The van der Waals surface area contributed by atoms with Crippen molar-refractivity contribution in [2.45, 2.75) is 82.5 Å². The summed E-state index contributed by atoms with van der Waals surface area (Å²) in [6.07, 6.45) is 6.21. The number of nitrogens with zero attached hydrogens (tertiary/aromatic N) is 4. The van der Waals surface area contributed by atoms with Gasteiger partial charge in [0.05, 0.1) is 46.4 Å². The number of rotatable bonds is 9. The first-order valence-corrected chi connectivity index (χ1v) is 19.3. The lowest BCUT2D eigenvalue weighted by atomic mass is 9.79. The van der Waals surface area contributed by atoms with E-state index in [0.29, 0.717) is 64.5 Å². The fourth-order valence-corrected chi connectivity index (χ4v) is 9.69. The number of ether oxygens (including phenoxy) is 2. The van der Waals surface area contributed by atoms with Gasteiger partial charge in [0.2, 0.25) is 5.91 Å². The van der Waals surface area contributed by atoms with Crippen molar-refractivity contribution in [3.63, 3.8) is 0 Å². The lowest BCUT2D eigenvalue weighted by molar-refractivity contribution is -0.134. The van der Waals surface area contributed by atoms with Crippen LogP contribution >= 0.6 is 23.2 Å². The number of halogens is 3. The van der Waals surface area contributed by atoms with Crippen LogP contribution in [0.15, 0.2) is 30.3 Å². The van der Waals surface area contributed by atoms with Crippen molar-refractivity contribution in [2.75, 3.05) is 32.9 Å². The minimum atomic E-state index is -0.466. The number of amides is 1. The first-order chi connectivity index (χ1) is 24.8. The molecule has 6 fully saturated rings. The zero-order valence-electron chi connectivity index (χ0n) is 28.8. The Morgan fingerprint density at radius 3 is 2.71 bits per heavy atom. The summed E-state index contributed by atoms with van der Waals surface area (Å²) in [6.45, 7) is 5.69. The van der Waals surface area contributed by atoms with Crippen molar-refractivity contribution in [2.24, 2.45) is 17.8 Å². The molecule has 1 N–H and O–H groups in total. The molecule has 4 aliphatic heterocycles. The molecule has 2 aromatic heterocycles. The Morgan fingerprint density at radius 1 is 1.16 bits per heavy atom. The average Bonchev–Trinajstić information content (AvgIpc) is 3.43. The number of likely N-dealkylation sites (tertiary alicyclic amines) is 1. The smallest absolute Gasteiger partial charge is 0.226 e. The number of fused-ring (bicyclic) bond motifs is 4. The van der Waals surface area contributed by atoms with Gasteiger partial charge in [-0.2, -0.15) is 5.26 Å². The second kappa shape index (κ2) is 13.3. The monoisotopic (exact) mass is 729 g/mol. The number of benzene rings is 2. The van der Waals surface area contributed by atoms with E-state index < -0.39 is 5.82 Å². The topological polar surface area (TPSA) is 92.4 Å². The molecule has 4 saturated heterocycles. The molecule has 10 rings (SSSR count). The summed E-state index contributed by atoms with van der Waals surface area (Å²) in [4.78, 5) is 21.0. The molecule has 11 heteroatoms. The number of hydrogen-bond donors (Lipinski definition) is 1. The predicted octanol–water partition coefficient (Wildman–Crippen LogP) is 8.10. The van der Waals surface area contributed by atoms with E-state index in [0.717, 1.165) is 80.6 Å². The first kappa shape index (κ1) is 33.6. The molecule has 1 amide bonds. The van der Waals surface area contributed by atoms with Crippen molar-refractivity contribution >= 4 is 50.9 Å². The normalized spacial score (nSPS) is 26.3. The minimum absolute atomic E-state index is 0.0563. The van der Waals surface area contributed by atoms with Gasteiger partial charge in [0.25, 0.3) is 0 Å². The number of carbonyl (C=O) groups excluding carboxylic acids is 1. The molecule has 51 heavy (non-hydrogen) atoms. The number of nitrogens with one attached hydrogen (secondary N) is 1. The van der Waals surface area contributed by atoms with Crippen LogP contribution in [0.2, 0.25) is 10.0 Å². The van der Waals surface area contributed by atoms with Gasteiger partial charge >= 0.3 is 0 Å². The third kappa shape index (κ3) is 5.73. The van der Waals surface area contributed by atoms with E-state index in [1.807, 2.05) is 13.0 Å². The predicted molar refractivity (Wildman–Crippen MR) is 195 cm³/mol. The van der Waals surface area contributed by atoms with Crippen LogP contribution in [0.3, 0.4) is 0 Å². The van der Waals surface area contributed by atoms with Gasteiger partial charge in [0.15, 0.2) is 5.82 Å². The molecule has 0 unspecified atom stereocenters. The van der Waals surface area contributed by atoms with Gasteiger partial charge in [-0.15, -0.1) is 0 Å². The fourth-order valence-electron chi connectivity index (χ4n) is 9.29. The number of nitriles is 1. The van der Waals surface area contributed by atoms with Crippen LogP contribution in [0.4, 0.5) is 4.39 Å². The molecular weight excluding hydrogens is 688 g/mol. The van der Waals surface area contributed by atoms with Crippen molar-refractivity contribution in [1.82, 2.24) is 19.8 Å². The van der Waals surface area contributed by atoms with Gasteiger partial charge in [-0.25, -0.2) is 9.37 Å². The van der Waals surface area contributed by atoms with E-state index in [9.17, 15) is 10.1 Å². The van der Waals surface area contributed by atoms with E-state index in [2.05, 4.69) is 26.9 Å². The molecule has 8 nitrogen and oxygen atoms in total. The molecule has 2 aromatic carbocycles. The highest BCUT2D eigenvalue weighted by atomic mass is 35.5. The highest BCUT2D eigenvalue weighted by Gasteiger charge is 2.51. The summed E-state index contributed by atoms with van der Waals surface area (Å²) >= 11 is 13.1. The van der Waals surface area contributed by atoms with Crippen molar-refractivity contribution in [3.8, 4) is 17.2 Å². The van der Waals surface area contributed by atoms with Crippen LogP contribution < -0.4 is 5.32 Å². The molecule has 266 valence electrons. The van der Waals surface area contributed by atoms with Crippen LogP contribution in [0.5, 0.6) is 0 Å². The number of aryl methyl sites for hydroxylation is 2. The standard InChI is InChI=1S/C40H42Cl2FN5O3/c1-21-28-17-33(32-16-26(19-47(32)40(49)23-7-8-23)51-20-22-9-12-50-13-10-22)48(38-25-15-31(38)45-18-25)39(28)29-14-24(4-3-11-44)34(36(43)37(29)46-21)27-5-2-6-30(41)35(27)42/h2,5-6,14,17,22-23,25-26,31-32,38,45H,3-4,7-10,12-13,15-16,18-20H2,1H3/t25-,26+,31-,32-,38+/m1/s1. The summed E-state index contributed by atoms with van der Waals surface area (Å²) in [7, 11) is 0. The maximum Gasteiger partial charge on any atom is 0.226 e. The van der Waals surface area contributed by atoms with Crippen LogP contribution in [0.1, 0.15) is 74.0 Å². The van der Waals surface area contributed by atoms with E-state index in [-0.39, 0.29) is 47.0 Å². The lowest BCUT2D eigenvalue weighted by Gasteiger charge is -2.39. The van der Waals surface area contributed by atoms with Gasteiger partial charge in [-0.05, 0) is 81.0 Å². The molecule has 6 heterocycles. The molecule has 5 atom stereocenters. The average molecular weight is 731 g/mol. The van der Waals surface area contributed by atoms with E-state index in [1.165, 1.54) is 0 Å². The molecule has 2 saturated carbocycles. The van der Waals surface area contributed by atoms with Crippen LogP contribution in [0.25, 0.3) is 32.9 Å². The highest BCUT2D eigenvalue weighted by molar-refractivity contribution is 6.43. The van der Waals surface area contributed by atoms with Gasteiger partial charge in [-0.3, -0.25) is 4.79 Å². The lowest BCUT2D eigenvalue weighted by Crippen LogP contribution is -2.41. The summed E-state index contributed by atoms with van der Waals surface area (Å²) in [5, 5.41) is 15.6. The van der Waals surface area contributed by atoms with E-state index >= 15 is 4.39 Å². The Morgan fingerprint density at radius 2 is 1.98 bits per heavy atom. The molecule has 2 aliphatic carbocycles. The summed E-state index contributed by atoms with van der Waals surface area (Å²) < 4.78 is 31.8. The highest BCUT2D eigenvalue weighted by Crippen LogP contribution is 2.51. The summed E-state index contributed by atoms with van der Waals surface area (Å²) in [5.74, 6) is 0.752. The minimum Gasteiger partial charge on any atom is -0.381 e. The zero-order valence-corrected chi connectivity index (χ0v) is 30.3. The quantitative estimate of drug-likeness (QED) is 0.187. The van der Waals surface area contributed by atoms with Crippen molar-refractivity contribution < 1.29 is 18.7 Å². The Hall–Kier alpha value is -3.26. The second-order valence-corrected chi connectivity index (χ2v) is 16.1. The van der Waals surface area contributed by atoms with Gasteiger partial charge < -0.3 is 24.3 Å². The van der Waals surface area contributed by atoms with Crippen molar-refractivity contribution in [3.05, 3.63) is 63.1 Å².